The first-order valence-corrected chi connectivity index (χ1v) is 9.14. The summed E-state index contributed by atoms with van der Waals surface area (Å²) in [6, 6.07) is 16.2. The van der Waals surface area contributed by atoms with Gasteiger partial charge in [0.25, 0.3) is 5.91 Å². The van der Waals surface area contributed by atoms with Crippen molar-refractivity contribution >= 4 is 5.91 Å². The molecule has 1 atom stereocenters. The van der Waals surface area contributed by atoms with Crippen molar-refractivity contribution in [1.82, 2.24) is 30.4 Å². The smallest absolute Gasteiger partial charge is 0.253 e. The Labute approximate surface area is 158 Å². The molecule has 4 rings (SSSR count). The molecule has 2 aromatic carbocycles. The lowest BCUT2D eigenvalue weighted by Crippen LogP contribution is -2.44. The number of carbonyl (C=O) groups is 1. The van der Waals surface area contributed by atoms with Crippen LogP contribution in [-0.4, -0.2) is 50.1 Å². The Morgan fingerprint density at radius 1 is 1.15 bits per heavy atom. The van der Waals surface area contributed by atoms with Crippen molar-refractivity contribution in [3.05, 3.63) is 71.5 Å². The lowest BCUT2D eigenvalue weighted by molar-refractivity contribution is 0.0932. The molecule has 7 nitrogen and oxygen atoms in total. The molecule has 1 aliphatic heterocycles. The highest BCUT2D eigenvalue weighted by atomic mass is 16.1. The highest BCUT2D eigenvalue weighted by Gasteiger charge is 2.21. The Balaban J connectivity index is 1.40. The predicted octanol–water partition coefficient (Wildman–Crippen LogP) is 1.84. The third-order valence-corrected chi connectivity index (χ3v) is 5.09. The third-order valence-electron chi connectivity index (χ3n) is 5.09. The van der Waals surface area contributed by atoms with Crippen LogP contribution in [0.15, 0.2) is 54.9 Å². The van der Waals surface area contributed by atoms with E-state index >= 15 is 0 Å². The number of fused-ring (bicyclic) bond motifs is 1. The molecule has 1 amide bonds. The van der Waals surface area contributed by atoms with Crippen molar-refractivity contribution in [3.8, 4) is 5.69 Å². The topological polar surface area (TPSA) is 75.9 Å². The van der Waals surface area contributed by atoms with Crippen molar-refractivity contribution in [1.29, 1.82) is 0 Å². The molecular formula is C20H22N6O. The van der Waals surface area contributed by atoms with E-state index in [2.05, 4.69) is 56.9 Å². The standard InChI is InChI=1S/C20H22N6O/c1-15(25-11-10-16-6-2-3-7-17(16)13-25)12-21-20(27)18-8-4-5-9-19(18)26-14-22-23-24-26/h2-9,14-15H,10-13H2,1H3,(H,21,27). The van der Waals surface area contributed by atoms with E-state index in [-0.39, 0.29) is 11.9 Å². The van der Waals surface area contributed by atoms with E-state index < -0.39 is 0 Å². The Bertz CT molecular complexity index is 924. The monoisotopic (exact) mass is 362 g/mol. The minimum Gasteiger partial charge on any atom is -0.350 e. The zero-order valence-corrected chi connectivity index (χ0v) is 15.2. The van der Waals surface area contributed by atoms with Gasteiger partial charge in [-0.25, -0.2) is 0 Å². The number of hydrogen-bond donors (Lipinski definition) is 1. The molecule has 3 aromatic rings. The van der Waals surface area contributed by atoms with E-state index in [9.17, 15) is 4.79 Å². The van der Waals surface area contributed by atoms with Gasteiger partial charge in [-0.2, -0.15) is 4.68 Å². The lowest BCUT2D eigenvalue weighted by atomic mass is 9.99. The van der Waals surface area contributed by atoms with Gasteiger partial charge < -0.3 is 5.32 Å². The zero-order valence-electron chi connectivity index (χ0n) is 15.2. The Morgan fingerprint density at radius 3 is 2.74 bits per heavy atom. The Hall–Kier alpha value is -3.06. The summed E-state index contributed by atoms with van der Waals surface area (Å²) in [6.07, 6.45) is 2.54. The van der Waals surface area contributed by atoms with Crippen molar-refractivity contribution < 1.29 is 4.79 Å². The maximum absolute atomic E-state index is 12.7. The maximum atomic E-state index is 12.7. The number of benzene rings is 2. The van der Waals surface area contributed by atoms with Crippen LogP contribution in [0.5, 0.6) is 0 Å². The minimum absolute atomic E-state index is 0.120. The molecule has 27 heavy (non-hydrogen) atoms. The van der Waals surface area contributed by atoms with E-state index in [1.54, 1.807) is 6.07 Å². The quantitative estimate of drug-likeness (QED) is 0.749. The summed E-state index contributed by atoms with van der Waals surface area (Å²) in [6.45, 7) is 4.68. The number of aromatic nitrogens is 4. The number of rotatable bonds is 5. The summed E-state index contributed by atoms with van der Waals surface area (Å²) in [7, 11) is 0. The van der Waals surface area contributed by atoms with Crippen LogP contribution in [0.1, 0.15) is 28.4 Å². The fourth-order valence-electron chi connectivity index (χ4n) is 3.50. The van der Waals surface area contributed by atoms with Crippen LogP contribution >= 0.6 is 0 Å². The van der Waals surface area contributed by atoms with Crippen molar-refractivity contribution in [3.63, 3.8) is 0 Å². The molecule has 0 aliphatic carbocycles. The van der Waals surface area contributed by atoms with Gasteiger partial charge >= 0.3 is 0 Å². The van der Waals surface area contributed by atoms with Crippen LogP contribution in [0.25, 0.3) is 5.69 Å². The van der Waals surface area contributed by atoms with Gasteiger partial charge in [0.05, 0.1) is 11.3 Å². The molecular weight excluding hydrogens is 340 g/mol. The molecule has 0 spiro atoms. The van der Waals surface area contributed by atoms with Crippen LogP contribution in [0.3, 0.4) is 0 Å². The molecule has 0 fully saturated rings. The summed E-state index contributed by atoms with van der Waals surface area (Å²) in [4.78, 5) is 15.1. The molecule has 0 saturated carbocycles. The summed E-state index contributed by atoms with van der Waals surface area (Å²) < 4.78 is 1.50. The van der Waals surface area contributed by atoms with Crippen LogP contribution in [0.4, 0.5) is 0 Å². The minimum atomic E-state index is -0.120. The molecule has 7 heteroatoms. The number of tetrazole rings is 1. The second-order valence-corrected chi connectivity index (χ2v) is 6.82. The normalized spacial score (nSPS) is 15.1. The number of para-hydroxylation sites is 1. The third kappa shape index (κ3) is 3.73. The summed E-state index contributed by atoms with van der Waals surface area (Å²) in [5, 5.41) is 14.2. The fraction of sp³-hybridized carbons (Fsp3) is 0.300. The van der Waals surface area contributed by atoms with Crippen LogP contribution in [0.2, 0.25) is 0 Å². The molecule has 1 aromatic heterocycles. The second-order valence-electron chi connectivity index (χ2n) is 6.82. The second kappa shape index (κ2) is 7.67. The lowest BCUT2D eigenvalue weighted by Gasteiger charge is -2.33. The van der Waals surface area contributed by atoms with Crippen LogP contribution in [-0.2, 0) is 13.0 Å². The maximum Gasteiger partial charge on any atom is 0.253 e. The largest absolute Gasteiger partial charge is 0.350 e. The molecule has 1 aliphatic rings. The number of hydrogen-bond acceptors (Lipinski definition) is 5. The first-order chi connectivity index (χ1) is 13.2. The van der Waals surface area contributed by atoms with Gasteiger partial charge in [-0.3, -0.25) is 9.69 Å². The highest BCUT2D eigenvalue weighted by molar-refractivity contribution is 5.97. The van der Waals surface area contributed by atoms with Gasteiger partial charge in [0.2, 0.25) is 0 Å². The van der Waals surface area contributed by atoms with E-state index in [1.807, 2.05) is 18.2 Å². The number of carbonyl (C=O) groups excluding carboxylic acids is 1. The molecule has 1 N–H and O–H groups in total. The molecule has 1 unspecified atom stereocenters. The average molecular weight is 362 g/mol. The Kier molecular flexibility index (Phi) is 4.93. The van der Waals surface area contributed by atoms with Crippen molar-refractivity contribution in [2.24, 2.45) is 0 Å². The van der Waals surface area contributed by atoms with Gasteiger partial charge in [0, 0.05) is 25.7 Å². The summed E-state index contributed by atoms with van der Waals surface area (Å²) in [5.74, 6) is -0.120. The molecule has 0 radical (unpaired) electrons. The van der Waals surface area contributed by atoms with Crippen LogP contribution in [0, 0.1) is 0 Å². The summed E-state index contributed by atoms with van der Waals surface area (Å²) in [5.41, 5.74) is 4.03. The highest BCUT2D eigenvalue weighted by Crippen LogP contribution is 2.20. The number of amides is 1. The van der Waals surface area contributed by atoms with E-state index in [1.165, 1.54) is 22.1 Å². The fourth-order valence-corrected chi connectivity index (χ4v) is 3.50. The van der Waals surface area contributed by atoms with Gasteiger partial charge in [0.15, 0.2) is 0 Å². The van der Waals surface area contributed by atoms with E-state index in [4.69, 9.17) is 0 Å². The number of nitrogens with zero attached hydrogens (tertiary/aromatic N) is 5. The predicted molar refractivity (Wildman–Crippen MR) is 102 cm³/mol. The van der Waals surface area contributed by atoms with Gasteiger partial charge in [0.1, 0.15) is 6.33 Å². The average Bonchev–Trinajstić information content (AvgIpc) is 3.26. The Morgan fingerprint density at radius 2 is 1.93 bits per heavy atom. The molecule has 138 valence electrons. The first-order valence-electron chi connectivity index (χ1n) is 9.14. The summed E-state index contributed by atoms with van der Waals surface area (Å²) >= 11 is 0. The van der Waals surface area contributed by atoms with E-state index in [0.29, 0.717) is 17.8 Å². The van der Waals surface area contributed by atoms with Gasteiger partial charge in [-0.15, -0.1) is 5.10 Å². The van der Waals surface area contributed by atoms with Crippen LogP contribution < -0.4 is 5.32 Å². The molecule has 0 bridgehead atoms. The number of nitrogens with one attached hydrogen (secondary N) is 1. The zero-order chi connectivity index (χ0) is 18.6. The van der Waals surface area contributed by atoms with E-state index in [0.717, 1.165) is 19.5 Å². The molecule has 2 heterocycles. The SMILES string of the molecule is CC(CNC(=O)c1ccccc1-n1cnnn1)N1CCc2ccccc2C1. The van der Waals surface area contributed by atoms with Crippen molar-refractivity contribution in [2.75, 3.05) is 13.1 Å². The van der Waals surface area contributed by atoms with Gasteiger partial charge in [-0.1, -0.05) is 36.4 Å². The molecule has 0 saturated heterocycles. The first kappa shape index (κ1) is 17.4. The van der Waals surface area contributed by atoms with Crippen molar-refractivity contribution in [2.45, 2.75) is 25.9 Å². The van der Waals surface area contributed by atoms with Gasteiger partial charge in [-0.05, 0) is 47.0 Å².